The summed E-state index contributed by atoms with van der Waals surface area (Å²) in [5.41, 5.74) is -0.372. The molecule has 4 nitrogen and oxygen atoms in total. The number of hydrogen-bond acceptors (Lipinski definition) is 4. The minimum atomic E-state index is -0.745. The van der Waals surface area contributed by atoms with Crippen molar-refractivity contribution in [1.29, 1.82) is 0 Å². The predicted octanol–water partition coefficient (Wildman–Crippen LogP) is 2.78. The normalized spacial score (nSPS) is 20.0. The highest BCUT2D eigenvalue weighted by molar-refractivity contribution is 6.62. The van der Waals surface area contributed by atoms with Crippen molar-refractivity contribution in [2.75, 3.05) is 0 Å². The maximum Gasteiger partial charge on any atom is 0.497 e. The second-order valence-electron chi connectivity index (χ2n) is 6.13. The Hall–Kier alpha value is -1.66. The first-order valence-electron chi connectivity index (χ1n) is 6.86. The summed E-state index contributed by atoms with van der Waals surface area (Å²) in [5.74, 6) is -0.190. The second-order valence-corrected chi connectivity index (χ2v) is 6.13. The molecule has 1 saturated heterocycles. The molecule has 0 spiro atoms. The first kappa shape index (κ1) is 14.3. The molecule has 0 bridgehead atoms. The molecule has 1 aliphatic heterocycles. The van der Waals surface area contributed by atoms with Crippen molar-refractivity contribution in [3.05, 3.63) is 36.5 Å². The number of halogens is 1. The van der Waals surface area contributed by atoms with Gasteiger partial charge in [-0.2, -0.15) is 0 Å². The molecule has 0 amide bonds. The van der Waals surface area contributed by atoms with Crippen LogP contribution in [0.5, 0.6) is 0 Å². The molecule has 1 aromatic heterocycles. The Bertz CT molecular complexity index is 639. The van der Waals surface area contributed by atoms with Crippen molar-refractivity contribution >= 4 is 12.6 Å². The Morgan fingerprint density at radius 1 is 1.10 bits per heavy atom. The van der Waals surface area contributed by atoms with E-state index in [1.807, 2.05) is 27.7 Å². The van der Waals surface area contributed by atoms with Gasteiger partial charge in [0.15, 0.2) is 0 Å². The Kier molecular flexibility index (Phi) is 3.18. The van der Waals surface area contributed by atoms with Gasteiger partial charge in [-0.1, -0.05) is 12.1 Å². The highest BCUT2D eigenvalue weighted by Crippen LogP contribution is 2.37. The fraction of sp³-hybridized carbons (Fsp3) is 0.400. The molecule has 1 aliphatic rings. The van der Waals surface area contributed by atoms with Crippen LogP contribution in [0.2, 0.25) is 0 Å². The van der Waals surface area contributed by atoms with Crippen LogP contribution >= 0.6 is 0 Å². The predicted molar refractivity (Wildman–Crippen MR) is 77.6 cm³/mol. The lowest BCUT2D eigenvalue weighted by atomic mass is 9.78. The molecular weight excluding hydrogens is 272 g/mol. The van der Waals surface area contributed by atoms with Gasteiger partial charge in [0.2, 0.25) is 5.89 Å². The van der Waals surface area contributed by atoms with Crippen molar-refractivity contribution in [2.24, 2.45) is 0 Å². The van der Waals surface area contributed by atoms with Gasteiger partial charge in [-0.15, -0.1) is 0 Å². The Balaban J connectivity index is 2.00. The zero-order valence-corrected chi connectivity index (χ0v) is 12.5. The maximum atomic E-state index is 14.7. The highest BCUT2D eigenvalue weighted by Gasteiger charge is 2.52. The van der Waals surface area contributed by atoms with Crippen LogP contribution in [0.3, 0.4) is 0 Å². The third-order valence-electron chi connectivity index (χ3n) is 4.20. The minimum absolute atomic E-state index is 0.242. The van der Waals surface area contributed by atoms with Crippen LogP contribution in [0.25, 0.3) is 11.5 Å². The summed E-state index contributed by atoms with van der Waals surface area (Å²) < 4.78 is 31.7. The third kappa shape index (κ3) is 2.28. The van der Waals surface area contributed by atoms with E-state index in [0.717, 1.165) is 0 Å². The largest absolute Gasteiger partial charge is 0.497 e. The molecule has 0 radical (unpaired) electrons. The number of benzene rings is 1. The van der Waals surface area contributed by atoms with Gasteiger partial charge in [0, 0.05) is 5.46 Å². The van der Waals surface area contributed by atoms with E-state index in [1.165, 1.54) is 12.5 Å². The number of aromatic nitrogens is 1. The Labute approximate surface area is 123 Å². The topological polar surface area (TPSA) is 44.5 Å². The lowest BCUT2D eigenvalue weighted by molar-refractivity contribution is 0.00578. The Morgan fingerprint density at radius 3 is 2.33 bits per heavy atom. The van der Waals surface area contributed by atoms with Crippen LogP contribution in [0.15, 0.2) is 35.1 Å². The van der Waals surface area contributed by atoms with Gasteiger partial charge < -0.3 is 13.7 Å². The standard InChI is InChI=1S/C15H17BFNO3/c1-14(2)15(3,4)21-16(20-14)11-7-5-6-10(12(11)17)13-18-8-9-19-13/h5-9H,1-4H3. The van der Waals surface area contributed by atoms with Crippen LogP contribution in [-0.4, -0.2) is 23.3 Å². The zero-order valence-electron chi connectivity index (χ0n) is 12.5. The average Bonchev–Trinajstić information content (AvgIpc) is 2.97. The summed E-state index contributed by atoms with van der Waals surface area (Å²) in [6.45, 7) is 7.73. The van der Waals surface area contributed by atoms with E-state index in [-0.39, 0.29) is 5.89 Å². The van der Waals surface area contributed by atoms with E-state index in [2.05, 4.69) is 4.98 Å². The molecule has 2 heterocycles. The van der Waals surface area contributed by atoms with Crippen molar-refractivity contribution in [2.45, 2.75) is 38.9 Å². The summed E-state index contributed by atoms with van der Waals surface area (Å²) in [6.07, 6.45) is 2.90. The van der Waals surface area contributed by atoms with E-state index >= 15 is 0 Å². The molecule has 0 atom stereocenters. The lowest BCUT2D eigenvalue weighted by Crippen LogP contribution is -2.41. The molecule has 1 aromatic carbocycles. The minimum Gasteiger partial charge on any atom is -0.444 e. The smallest absolute Gasteiger partial charge is 0.444 e. The average molecular weight is 289 g/mol. The summed E-state index contributed by atoms with van der Waals surface area (Å²) in [5, 5.41) is 0. The fourth-order valence-corrected chi connectivity index (χ4v) is 2.22. The van der Waals surface area contributed by atoms with Gasteiger partial charge >= 0.3 is 7.12 Å². The van der Waals surface area contributed by atoms with Crippen LogP contribution in [0.4, 0.5) is 4.39 Å². The summed E-state index contributed by atoms with van der Waals surface area (Å²) in [7, 11) is -0.745. The van der Waals surface area contributed by atoms with Crippen LogP contribution in [0.1, 0.15) is 27.7 Å². The first-order chi connectivity index (χ1) is 9.82. The summed E-state index contributed by atoms with van der Waals surface area (Å²) in [6, 6.07) is 5.02. The van der Waals surface area contributed by atoms with Crippen LogP contribution < -0.4 is 5.46 Å². The first-order valence-corrected chi connectivity index (χ1v) is 6.86. The number of nitrogens with zero attached hydrogens (tertiary/aromatic N) is 1. The van der Waals surface area contributed by atoms with Crippen molar-refractivity contribution in [3.8, 4) is 11.5 Å². The Morgan fingerprint density at radius 2 is 1.76 bits per heavy atom. The summed E-state index contributed by atoms with van der Waals surface area (Å²) in [4.78, 5) is 3.98. The van der Waals surface area contributed by atoms with Gasteiger partial charge in [0.05, 0.1) is 23.0 Å². The van der Waals surface area contributed by atoms with E-state index in [4.69, 9.17) is 13.7 Å². The highest BCUT2D eigenvalue weighted by atomic mass is 19.1. The van der Waals surface area contributed by atoms with Gasteiger partial charge in [-0.05, 0) is 33.8 Å². The van der Waals surface area contributed by atoms with Crippen molar-refractivity contribution < 1.29 is 18.1 Å². The molecule has 3 rings (SSSR count). The van der Waals surface area contributed by atoms with Crippen LogP contribution in [-0.2, 0) is 9.31 Å². The quantitative estimate of drug-likeness (QED) is 0.797. The molecule has 1 fully saturated rings. The molecule has 6 heteroatoms. The van der Waals surface area contributed by atoms with E-state index in [1.54, 1.807) is 18.2 Å². The number of rotatable bonds is 2. The summed E-state index contributed by atoms with van der Waals surface area (Å²) >= 11 is 0. The van der Waals surface area contributed by atoms with E-state index in [0.29, 0.717) is 11.0 Å². The molecule has 0 aliphatic carbocycles. The molecule has 110 valence electrons. The van der Waals surface area contributed by atoms with Gasteiger partial charge in [0.25, 0.3) is 0 Å². The fourth-order valence-electron chi connectivity index (χ4n) is 2.22. The van der Waals surface area contributed by atoms with Gasteiger partial charge in [-0.3, -0.25) is 0 Å². The molecular formula is C15H17BFNO3. The second kappa shape index (κ2) is 4.68. The monoisotopic (exact) mass is 289 g/mol. The number of hydrogen-bond donors (Lipinski definition) is 0. The molecule has 21 heavy (non-hydrogen) atoms. The molecule has 0 saturated carbocycles. The van der Waals surface area contributed by atoms with Crippen LogP contribution in [0, 0.1) is 5.82 Å². The number of oxazole rings is 1. The molecule has 0 N–H and O–H groups in total. The van der Waals surface area contributed by atoms with Crippen molar-refractivity contribution in [1.82, 2.24) is 4.98 Å². The van der Waals surface area contributed by atoms with Gasteiger partial charge in [-0.25, -0.2) is 9.37 Å². The SMILES string of the molecule is CC1(C)OB(c2cccc(-c3ncco3)c2F)OC1(C)C. The van der Waals surface area contributed by atoms with E-state index in [9.17, 15) is 4.39 Å². The van der Waals surface area contributed by atoms with Gasteiger partial charge in [0.1, 0.15) is 12.1 Å². The molecule has 2 aromatic rings. The lowest BCUT2D eigenvalue weighted by Gasteiger charge is -2.32. The van der Waals surface area contributed by atoms with Crippen molar-refractivity contribution in [3.63, 3.8) is 0 Å². The third-order valence-corrected chi connectivity index (χ3v) is 4.20. The maximum absolute atomic E-state index is 14.7. The molecule has 0 unspecified atom stereocenters. The zero-order chi connectivity index (χ0) is 15.3. The van der Waals surface area contributed by atoms with E-state index < -0.39 is 24.1 Å².